The van der Waals surface area contributed by atoms with E-state index in [1.165, 1.54) is 0 Å². The van der Waals surface area contributed by atoms with Crippen LogP contribution in [0.5, 0.6) is 0 Å². The molecule has 1 aromatic carbocycles. The lowest BCUT2D eigenvalue weighted by Gasteiger charge is -2.24. The number of halogens is 1. The Hall–Kier alpha value is -1.31. The van der Waals surface area contributed by atoms with Gasteiger partial charge in [-0.2, -0.15) is 0 Å². The number of hydrogen-bond acceptors (Lipinski definition) is 2. The van der Waals surface area contributed by atoms with Gasteiger partial charge >= 0.3 is 0 Å². The highest BCUT2D eigenvalue weighted by Crippen LogP contribution is 2.36. The van der Waals surface area contributed by atoms with Crippen LogP contribution in [0.4, 0.5) is 0 Å². The molecule has 2 unspecified atom stereocenters. The number of nitrogens with two attached hydrogens (primary N) is 1. The van der Waals surface area contributed by atoms with E-state index in [0.29, 0.717) is 24.8 Å². The molecule has 134 valence electrons. The third-order valence-electron chi connectivity index (χ3n) is 4.36. The quantitative estimate of drug-likeness (QED) is 0.403. The van der Waals surface area contributed by atoms with Gasteiger partial charge in [-0.05, 0) is 17.9 Å². The van der Waals surface area contributed by atoms with Crippen LogP contribution in [0.2, 0.25) is 0 Å². The molecule has 1 aliphatic heterocycles. The number of hydrogen-bond donors (Lipinski definition) is 2. The van der Waals surface area contributed by atoms with E-state index >= 15 is 0 Å². The minimum atomic E-state index is 0. The molecule has 0 saturated carbocycles. The second kappa shape index (κ2) is 9.86. The fraction of sp³-hybridized carbons (Fsp3) is 0.556. The lowest BCUT2D eigenvalue weighted by atomic mass is 9.94. The molecule has 0 radical (unpaired) electrons. The zero-order valence-electron chi connectivity index (χ0n) is 14.7. The van der Waals surface area contributed by atoms with E-state index in [9.17, 15) is 4.79 Å². The summed E-state index contributed by atoms with van der Waals surface area (Å²) in [6, 6.07) is 10.2. The molecule has 1 aliphatic rings. The lowest BCUT2D eigenvalue weighted by Crippen LogP contribution is -2.33. The first-order chi connectivity index (χ1) is 11.0. The van der Waals surface area contributed by atoms with Crippen molar-refractivity contribution in [2.45, 2.75) is 32.7 Å². The minimum Gasteiger partial charge on any atom is -0.370 e. The van der Waals surface area contributed by atoms with Crippen molar-refractivity contribution in [1.29, 1.82) is 0 Å². The lowest BCUT2D eigenvalue weighted by molar-refractivity contribution is -0.127. The van der Waals surface area contributed by atoms with E-state index in [-0.39, 0.29) is 41.8 Å². The second-order valence-corrected chi connectivity index (χ2v) is 6.66. The maximum Gasteiger partial charge on any atom is 0.223 e. The van der Waals surface area contributed by atoms with Crippen LogP contribution in [0.25, 0.3) is 0 Å². The van der Waals surface area contributed by atoms with Gasteiger partial charge in [-0.3, -0.25) is 9.79 Å². The summed E-state index contributed by atoms with van der Waals surface area (Å²) >= 11 is 0. The Morgan fingerprint density at radius 2 is 2.04 bits per heavy atom. The summed E-state index contributed by atoms with van der Waals surface area (Å²) < 4.78 is 0. The van der Waals surface area contributed by atoms with E-state index < -0.39 is 0 Å². The predicted molar refractivity (Wildman–Crippen MR) is 109 cm³/mol. The highest BCUT2D eigenvalue weighted by molar-refractivity contribution is 14.0. The molecule has 3 N–H and O–H groups in total. The van der Waals surface area contributed by atoms with Gasteiger partial charge in [0.25, 0.3) is 0 Å². The SMILES string of the molecule is CC(C)CCNC(N)=NCC1CC(=O)N(C)C1c1ccccc1.I. The van der Waals surface area contributed by atoms with Crippen molar-refractivity contribution in [3.8, 4) is 0 Å². The van der Waals surface area contributed by atoms with Gasteiger partial charge in [-0.1, -0.05) is 44.2 Å². The number of carbonyl (C=O) groups is 1. The summed E-state index contributed by atoms with van der Waals surface area (Å²) in [5.74, 6) is 1.45. The number of nitrogens with one attached hydrogen (secondary N) is 1. The number of amides is 1. The van der Waals surface area contributed by atoms with Crippen LogP contribution < -0.4 is 11.1 Å². The Morgan fingerprint density at radius 3 is 2.67 bits per heavy atom. The molecule has 1 aromatic rings. The van der Waals surface area contributed by atoms with Gasteiger partial charge in [0.15, 0.2) is 5.96 Å². The molecular weight excluding hydrogens is 415 g/mol. The van der Waals surface area contributed by atoms with Gasteiger partial charge in [-0.25, -0.2) is 0 Å². The molecular formula is C18H29IN4O. The Kier molecular flexibility index (Phi) is 8.52. The van der Waals surface area contributed by atoms with Crippen molar-refractivity contribution < 1.29 is 4.79 Å². The Balaban J connectivity index is 0.00000288. The first kappa shape index (κ1) is 20.7. The van der Waals surface area contributed by atoms with Gasteiger partial charge in [0, 0.05) is 32.5 Å². The van der Waals surface area contributed by atoms with Crippen LogP contribution >= 0.6 is 24.0 Å². The van der Waals surface area contributed by atoms with Crippen molar-refractivity contribution in [2.24, 2.45) is 22.6 Å². The molecule has 24 heavy (non-hydrogen) atoms. The number of benzene rings is 1. The summed E-state index contributed by atoms with van der Waals surface area (Å²) in [7, 11) is 1.87. The molecule has 1 amide bonds. The Labute approximate surface area is 162 Å². The van der Waals surface area contributed by atoms with Crippen LogP contribution in [-0.4, -0.2) is 36.9 Å². The number of rotatable bonds is 6. The number of aliphatic imine (C=N–C) groups is 1. The van der Waals surface area contributed by atoms with Crippen molar-refractivity contribution in [3.05, 3.63) is 35.9 Å². The molecule has 1 heterocycles. The molecule has 0 aromatic heterocycles. The summed E-state index contributed by atoms with van der Waals surface area (Å²) in [5.41, 5.74) is 7.09. The smallest absolute Gasteiger partial charge is 0.223 e. The molecule has 1 saturated heterocycles. The molecule has 0 bridgehead atoms. The van der Waals surface area contributed by atoms with Crippen LogP contribution in [0.15, 0.2) is 35.3 Å². The number of guanidine groups is 1. The number of carbonyl (C=O) groups excluding carboxylic acids is 1. The largest absolute Gasteiger partial charge is 0.370 e. The molecule has 2 rings (SSSR count). The van der Waals surface area contributed by atoms with Crippen LogP contribution in [-0.2, 0) is 4.79 Å². The third-order valence-corrected chi connectivity index (χ3v) is 4.36. The number of likely N-dealkylation sites (tertiary alicyclic amines) is 1. The molecule has 6 heteroatoms. The van der Waals surface area contributed by atoms with Crippen LogP contribution in [0.1, 0.15) is 38.3 Å². The highest BCUT2D eigenvalue weighted by Gasteiger charge is 2.38. The molecule has 0 spiro atoms. The van der Waals surface area contributed by atoms with Crippen LogP contribution in [0, 0.1) is 11.8 Å². The average Bonchev–Trinajstić information content (AvgIpc) is 2.80. The third kappa shape index (κ3) is 5.65. The second-order valence-electron chi connectivity index (χ2n) is 6.66. The van der Waals surface area contributed by atoms with Gasteiger partial charge < -0.3 is 16.0 Å². The van der Waals surface area contributed by atoms with Crippen molar-refractivity contribution in [2.75, 3.05) is 20.1 Å². The fourth-order valence-electron chi connectivity index (χ4n) is 3.02. The molecule has 1 fully saturated rings. The fourth-order valence-corrected chi connectivity index (χ4v) is 3.02. The maximum atomic E-state index is 12.1. The van der Waals surface area contributed by atoms with E-state index in [1.807, 2.05) is 30.1 Å². The topological polar surface area (TPSA) is 70.7 Å². The minimum absolute atomic E-state index is 0. The van der Waals surface area contributed by atoms with Gasteiger partial charge in [-0.15, -0.1) is 24.0 Å². The van der Waals surface area contributed by atoms with E-state index in [2.05, 4.69) is 36.3 Å². The van der Waals surface area contributed by atoms with E-state index in [4.69, 9.17) is 5.73 Å². The van der Waals surface area contributed by atoms with Gasteiger partial charge in [0.1, 0.15) is 0 Å². The average molecular weight is 444 g/mol. The van der Waals surface area contributed by atoms with Crippen LogP contribution in [0.3, 0.4) is 0 Å². The summed E-state index contributed by atoms with van der Waals surface area (Å²) in [5, 5.41) is 3.14. The monoisotopic (exact) mass is 444 g/mol. The first-order valence-corrected chi connectivity index (χ1v) is 8.33. The zero-order valence-corrected chi connectivity index (χ0v) is 17.1. The summed E-state index contributed by atoms with van der Waals surface area (Å²) in [6.45, 7) is 5.76. The zero-order chi connectivity index (χ0) is 16.8. The standard InChI is InChI=1S/C18H28N4O.HI/c1-13(2)9-10-20-18(19)21-12-15-11-16(23)22(3)17(15)14-7-5-4-6-8-14;/h4-8,13,15,17H,9-12H2,1-3H3,(H3,19,20,21);1H. The molecule has 5 nitrogen and oxygen atoms in total. The van der Waals surface area contributed by atoms with Crippen molar-refractivity contribution in [3.63, 3.8) is 0 Å². The summed E-state index contributed by atoms with van der Waals surface area (Å²) in [6.07, 6.45) is 1.59. The van der Waals surface area contributed by atoms with E-state index in [0.717, 1.165) is 18.5 Å². The maximum absolute atomic E-state index is 12.1. The molecule has 2 atom stereocenters. The predicted octanol–water partition coefficient (Wildman–Crippen LogP) is 2.77. The number of nitrogens with zero attached hydrogens (tertiary/aromatic N) is 2. The first-order valence-electron chi connectivity index (χ1n) is 8.33. The normalized spacial score (nSPS) is 21.1. The highest BCUT2D eigenvalue weighted by atomic mass is 127. The Morgan fingerprint density at radius 1 is 1.38 bits per heavy atom. The van der Waals surface area contributed by atoms with Gasteiger partial charge in [0.05, 0.1) is 6.04 Å². The van der Waals surface area contributed by atoms with Crippen molar-refractivity contribution >= 4 is 35.8 Å². The Bertz CT molecular complexity index is 547. The van der Waals surface area contributed by atoms with E-state index in [1.54, 1.807) is 0 Å². The summed E-state index contributed by atoms with van der Waals surface area (Å²) in [4.78, 5) is 18.4. The molecule has 0 aliphatic carbocycles. The van der Waals surface area contributed by atoms with Crippen molar-refractivity contribution in [1.82, 2.24) is 10.2 Å². The van der Waals surface area contributed by atoms with Gasteiger partial charge in [0.2, 0.25) is 5.91 Å².